The highest BCUT2D eigenvalue weighted by Crippen LogP contribution is 2.48. The molecule has 0 radical (unpaired) electrons. The number of benzene rings is 9. The number of hydrogen-bond acceptors (Lipinski definition) is 1. The highest BCUT2D eigenvalue weighted by atomic mass is 15.0. The molecule has 10 aromatic rings. The van der Waals surface area contributed by atoms with Crippen molar-refractivity contribution in [2.75, 3.05) is 0 Å². The molecule has 0 saturated carbocycles. The summed E-state index contributed by atoms with van der Waals surface area (Å²) in [5.74, 6) is 0. The minimum Gasteiger partial charge on any atom is -0.307 e. The van der Waals surface area contributed by atoms with E-state index in [0.717, 1.165) is 49.7 Å². The van der Waals surface area contributed by atoms with Crippen molar-refractivity contribution in [2.24, 2.45) is 0 Å². The van der Waals surface area contributed by atoms with Crippen LogP contribution < -0.4 is 0 Å². The Labute approximate surface area is 308 Å². The van der Waals surface area contributed by atoms with Crippen molar-refractivity contribution in [3.63, 3.8) is 0 Å². The molecule has 0 aliphatic carbocycles. The number of fused-ring (bicyclic) bond motifs is 5. The normalized spacial score (nSPS) is 11.4. The second-order valence-corrected chi connectivity index (χ2v) is 13.5. The zero-order valence-corrected chi connectivity index (χ0v) is 28.9. The SMILES string of the molecule is N#Cc1cccc(-c2ccccc2-c2ccccc2-c2c3ccccc3c(-c3ccccc3)c3ccccc23)c1-n1c2ccccc2c2ccccc21. The van der Waals surface area contributed by atoms with Crippen molar-refractivity contribution < 1.29 is 0 Å². The fraction of sp³-hybridized carbons (Fsp3) is 0. The number of hydrogen-bond donors (Lipinski definition) is 0. The van der Waals surface area contributed by atoms with Crippen LogP contribution in [0.3, 0.4) is 0 Å². The summed E-state index contributed by atoms with van der Waals surface area (Å²) in [4.78, 5) is 0. The molecule has 0 bridgehead atoms. The predicted octanol–water partition coefficient (Wildman–Crippen LogP) is 13.6. The van der Waals surface area contributed by atoms with E-state index in [4.69, 9.17) is 0 Å². The van der Waals surface area contributed by atoms with Gasteiger partial charge in [-0.05, 0) is 78.7 Å². The Morgan fingerprint density at radius 3 is 1.26 bits per heavy atom. The summed E-state index contributed by atoms with van der Waals surface area (Å²) in [6.07, 6.45) is 0. The number of aromatic nitrogens is 1. The largest absolute Gasteiger partial charge is 0.307 e. The first-order chi connectivity index (χ1) is 26.3. The summed E-state index contributed by atoms with van der Waals surface area (Å²) in [7, 11) is 0. The van der Waals surface area contributed by atoms with Crippen molar-refractivity contribution in [3.05, 3.63) is 200 Å². The van der Waals surface area contributed by atoms with Gasteiger partial charge in [0, 0.05) is 16.3 Å². The lowest BCUT2D eigenvalue weighted by molar-refractivity contribution is 1.17. The highest BCUT2D eigenvalue weighted by Gasteiger charge is 2.23. The first-order valence-corrected chi connectivity index (χ1v) is 18.0. The van der Waals surface area contributed by atoms with Crippen LogP contribution >= 0.6 is 0 Å². The molecule has 0 saturated heterocycles. The lowest BCUT2D eigenvalue weighted by Gasteiger charge is -2.21. The fourth-order valence-electron chi connectivity index (χ4n) is 8.48. The van der Waals surface area contributed by atoms with Crippen LogP contribution in [0.25, 0.3) is 93.5 Å². The van der Waals surface area contributed by atoms with Crippen LogP contribution in [-0.4, -0.2) is 4.57 Å². The number of nitriles is 1. The molecule has 10 rings (SSSR count). The molecule has 0 amide bonds. The Morgan fingerprint density at radius 1 is 0.321 bits per heavy atom. The molecule has 53 heavy (non-hydrogen) atoms. The van der Waals surface area contributed by atoms with Gasteiger partial charge in [0.05, 0.1) is 22.3 Å². The van der Waals surface area contributed by atoms with Gasteiger partial charge in [0.1, 0.15) is 6.07 Å². The molecular formula is C51H32N2. The Balaban J connectivity index is 1.27. The fourth-order valence-corrected chi connectivity index (χ4v) is 8.48. The van der Waals surface area contributed by atoms with E-state index >= 15 is 0 Å². The van der Waals surface area contributed by atoms with Gasteiger partial charge in [-0.3, -0.25) is 0 Å². The minimum atomic E-state index is 0.630. The number of para-hydroxylation sites is 3. The van der Waals surface area contributed by atoms with Crippen molar-refractivity contribution in [1.29, 1.82) is 5.26 Å². The molecule has 0 aliphatic rings. The molecule has 0 atom stereocenters. The van der Waals surface area contributed by atoms with E-state index < -0.39 is 0 Å². The molecule has 2 nitrogen and oxygen atoms in total. The van der Waals surface area contributed by atoms with Crippen LogP contribution in [0.15, 0.2) is 194 Å². The molecule has 246 valence electrons. The average Bonchev–Trinajstić information content (AvgIpc) is 3.57. The zero-order valence-electron chi connectivity index (χ0n) is 28.9. The summed E-state index contributed by atoms with van der Waals surface area (Å²) in [5, 5.41) is 17.9. The van der Waals surface area contributed by atoms with E-state index in [1.807, 2.05) is 12.1 Å². The van der Waals surface area contributed by atoms with Gasteiger partial charge in [-0.15, -0.1) is 0 Å². The van der Waals surface area contributed by atoms with Crippen molar-refractivity contribution in [1.82, 2.24) is 4.57 Å². The third kappa shape index (κ3) is 4.79. The first kappa shape index (κ1) is 30.6. The lowest BCUT2D eigenvalue weighted by atomic mass is 9.82. The smallest absolute Gasteiger partial charge is 0.101 e. The number of nitrogens with zero attached hydrogens (tertiary/aromatic N) is 2. The molecule has 0 N–H and O–H groups in total. The third-order valence-electron chi connectivity index (χ3n) is 10.7. The van der Waals surface area contributed by atoms with E-state index in [-0.39, 0.29) is 0 Å². The van der Waals surface area contributed by atoms with Crippen LogP contribution in [0.1, 0.15) is 5.56 Å². The van der Waals surface area contributed by atoms with Gasteiger partial charge in [-0.1, -0.05) is 176 Å². The topological polar surface area (TPSA) is 28.7 Å². The van der Waals surface area contributed by atoms with Gasteiger partial charge in [0.15, 0.2) is 0 Å². The minimum absolute atomic E-state index is 0.630. The van der Waals surface area contributed by atoms with Crippen LogP contribution in [0.5, 0.6) is 0 Å². The monoisotopic (exact) mass is 672 g/mol. The summed E-state index contributed by atoms with van der Waals surface area (Å²) in [6, 6.07) is 71.5. The average molecular weight is 673 g/mol. The maximum atomic E-state index is 10.7. The summed E-state index contributed by atoms with van der Waals surface area (Å²) >= 11 is 0. The summed E-state index contributed by atoms with van der Waals surface area (Å²) in [6.45, 7) is 0. The van der Waals surface area contributed by atoms with Crippen LogP contribution in [-0.2, 0) is 0 Å². The molecule has 1 heterocycles. The molecular weight excluding hydrogens is 641 g/mol. The molecule has 0 spiro atoms. The van der Waals surface area contributed by atoms with E-state index in [0.29, 0.717) is 5.56 Å². The molecule has 0 unspecified atom stereocenters. The second-order valence-electron chi connectivity index (χ2n) is 13.5. The van der Waals surface area contributed by atoms with Crippen molar-refractivity contribution >= 4 is 43.4 Å². The maximum Gasteiger partial charge on any atom is 0.101 e. The second kappa shape index (κ2) is 12.5. The Kier molecular flexibility index (Phi) is 7.23. The zero-order chi connectivity index (χ0) is 35.3. The maximum absolute atomic E-state index is 10.7. The van der Waals surface area contributed by atoms with E-state index in [1.54, 1.807) is 0 Å². The molecule has 2 heteroatoms. The number of rotatable bonds is 5. The highest BCUT2D eigenvalue weighted by molar-refractivity contribution is 6.22. The van der Waals surface area contributed by atoms with Crippen molar-refractivity contribution in [3.8, 4) is 56.3 Å². The van der Waals surface area contributed by atoms with Gasteiger partial charge in [-0.25, -0.2) is 0 Å². The van der Waals surface area contributed by atoms with Crippen LogP contribution in [0.4, 0.5) is 0 Å². The van der Waals surface area contributed by atoms with Gasteiger partial charge >= 0.3 is 0 Å². The first-order valence-electron chi connectivity index (χ1n) is 18.0. The molecule has 1 aromatic heterocycles. The van der Waals surface area contributed by atoms with Crippen LogP contribution in [0, 0.1) is 11.3 Å². The quantitative estimate of drug-likeness (QED) is 0.167. The van der Waals surface area contributed by atoms with Gasteiger partial charge in [0.25, 0.3) is 0 Å². The van der Waals surface area contributed by atoms with E-state index in [2.05, 4.69) is 193 Å². The lowest BCUT2D eigenvalue weighted by Crippen LogP contribution is -2.01. The third-order valence-corrected chi connectivity index (χ3v) is 10.7. The van der Waals surface area contributed by atoms with Crippen molar-refractivity contribution in [2.45, 2.75) is 0 Å². The van der Waals surface area contributed by atoms with Gasteiger partial charge in [0.2, 0.25) is 0 Å². The standard InChI is InChI=1S/C51H32N2/c52-33-35-19-16-30-46(51(35)53-47-31-14-12-23-39(47)40-24-13-15-32-48(40)53)38-22-5-4-20-36(38)37-21-6-7-25-41(37)50-44-28-10-8-26-42(44)49(34-17-2-1-3-18-34)43-27-9-11-29-45(43)50/h1-32H. The predicted molar refractivity (Wildman–Crippen MR) is 222 cm³/mol. The molecule has 0 aliphatic heterocycles. The summed E-state index contributed by atoms with van der Waals surface area (Å²) < 4.78 is 2.28. The van der Waals surface area contributed by atoms with E-state index in [9.17, 15) is 5.26 Å². The Morgan fingerprint density at radius 2 is 0.717 bits per heavy atom. The van der Waals surface area contributed by atoms with Gasteiger partial charge in [-0.2, -0.15) is 5.26 Å². The molecule has 0 fully saturated rings. The van der Waals surface area contributed by atoms with Gasteiger partial charge < -0.3 is 4.57 Å². The Bertz CT molecular complexity index is 2960. The van der Waals surface area contributed by atoms with E-state index in [1.165, 1.54) is 43.8 Å². The molecule has 9 aromatic carbocycles. The van der Waals surface area contributed by atoms with Crippen LogP contribution in [0.2, 0.25) is 0 Å². The summed E-state index contributed by atoms with van der Waals surface area (Å²) in [5.41, 5.74) is 12.9. The Hall–Kier alpha value is -7.21.